The molecule has 22 heavy (non-hydrogen) atoms. The fourth-order valence-electron chi connectivity index (χ4n) is 2.40. The first-order valence-corrected chi connectivity index (χ1v) is 7.15. The van der Waals surface area contributed by atoms with Crippen LogP contribution in [0.5, 0.6) is 0 Å². The van der Waals surface area contributed by atoms with Crippen molar-refractivity contribution in [3.05, 3.63) is 28.7 Å². The summed E-state index contributed by atoms with van der Waals surface area (Å²) in [6.07, 6.45) is 0. The molecule has 2 aromatic rings. The van der Waals surface area contributed by atoms with Crippen molar-refractivity contribution < 1.29 is 9.32 Å². The van der Waals surface area contributed by atoms with Gasteiger partial charge in [-0.1, -0.05) is 5.16 Å². The topological polar surface area (TPSA) is 103 Å². The maximum atomic E-state index is 11.0. The first-order valence-electron chi connectivity index (χ1n) is 7.15. The zero-order chi connectivity index (χ0) is 16.4. The molecule has 0 saturated heterocycles. The molecule has 0 aromatic carbocycles. The molecule has 120 valence electrons. The number of aryl methyl sites for hydroxylation is 1. The molecule has 2 N–H and O–H groups in total. The van der Waals surface area contributed by atoms with Crippen LogP contribution < -0.4 is 5.73 Å². The predicted octanol–water partition coefficient (Wildman–Crippen LogP) is 1.19. The highest BCUT2D eigenvalue weighted by atomic mass is 16.5. The number of carbonyl (C=O) groups is 1. The van der Waals surface area contributed by atoms with Gasteiger partial charge in [0.25, 0.3) is 11.7 Å². The van der Waals surface area contributed by atoms with E-state index in [9.17, 15) is 4.79 Å². The molecule has 0 aliphatic rings. The third-order valence-corrected chi connectivity index (χ3v) is 3.49. The highest BCUT2D eigenvalue weighted by molar-refractivity contribution is 5.88. The van der Waals surface area contributed by atoms with Crippen LogP contribution in [0.25, 0.3) is 0 Å². The van der Waals surface area contributed by atoms with Crippen LogP contribution in [0.15, 0.2) is 4.52 Å². The van der Waals surface area contributed by atoms with Crippen molar-refractivity contribution in [1.82, 2.24) is 24.8 Å². The Morgan fingerprint density at radius 1 is 1.36 bits per heavy atom. The summed E-state index contributed by atoms with van der Waals surface area (Å²) in [7, 11) is 1.94. The number of nitrogens with zero attached hydrogens (tertiary/aromatic N) is 5. The van der Waals surface area contributed by atoms with Crippen molar-refractivity contribution in [1.29, 1.82) is 0 Å². The lowest BCUT2D eigenvalue weighted by atomic mass is 10.2. The van der Waals surface area contributed by atoms with E-state index in [2.05, 4.69) is 36.0 Å². The number of hydrogen-bond donors (Lipinski definition) is 1. The summed E-state index contributed by atoms with van der Waals surface area (Å²) in [6, 6.07) is 0.326. The van der Waals surface area contributed by atoms with Gasteiger partial charge >= 0.3 is 0 Å². The van der Waals surface area contributed by atoms with Crippen molar-refractivity contribution in [2.45, 2.75) is 46.8 Å². The Hall–Kier alpha value is -2.22. The Labute approximate surface area is 129 Å². The van der Waals surface area contributed by atoms with Gasteiger partial charge in [0.15, 0.2) is 0 Å². The van der Waals surface area contributed by atoms with Gasteiger partial charge in [0, 0.05) is 23.8 Å². The molecular formula is C14H22N6O2. The number of primary amides is 1. The zero-order valence-corrected chi connectivity index (χ0v) is 13.6. The molecule has 2 heterocycles. The molecule has 0 radical (unpaired) electrons. The van der Waals surface area contributed by atoms with Crippen LogP contribution in [0.1, 0.15) is 53.4 Å². The van der Waals surface area contributed by atoms with Crippen LogP contribution in [0, 0.1) is 13.8 Å². The summed E-state index contributed by atoms with van der Waals surface area (Å²) in [5.74, 6) is -0.422. The van der Waals surface area contributed by atoms with E-state index in [1.54, 1.807) is 0 Å². The summed E-state index contributed by atoms with van der Waals surface area (Å²) in [6.45, 7) is 9.44. The Balaban J connectivity index is 2.08. The molecule has 1 amide bonds. The second-order valence-corrected chi connectivity index (χ2v) is 5.74. The summed E-state index contributed by atoms with van der Waals surface area (Å²) in [4.78, 5) is 16.9. The van der Waals surface area contributed by atoms with E-state index in [4.69, 9.17) is 10.3 Å². The lowest BCUT2D eigenvalue weighted by molar-refractivity contribution is 0.0987. The van der Waals surface area contributed by atoms with Crippen LogP contribution in [0.4, 0.5) is 0 Å². The monoisotopic (exact) mass is 306 g/mol. The van der Waals surface area contributed by atoms with Crippen molar-refractivity contribution in [2.75, 3.05) is 7.05 Å². The normalized spacial score (nSPS) is 11.6. The van der Waals surface area contributed by atoms with Gasteiger partial charge in [-0.05, 0) is 34.7 Å². The molecule has 0 aliphatic heterocycles. The Morgan fingerprint density at radius 3 is 2.55 bits per heavy atom. The van der Waals surface area contributed by atoms with Gasteiger partial charge in [-0.25, -0.2) is 0 Å². The molecule has 0 fully saturated rings. The van der Waals surface area contributed by atoms with Crippen LogP contribution in [0.3, 0.4) is 0 Å². The first-order chi connectivity index (χ1) is 10.3. The van der Waals surface area contributed by atoms with E-state index in [1.807, 2.05) is 23.6 Å². The molecule has 0 unspecified atom stereocenters. The lowest BCUT2D eigenvalue weighted by Crippen LogP contribution is -2.19. The van der Waals surface area contributed by atoms with E-state index in [-0.39, 0.29) is 5.82 Å². The molecule has 0 aliphatic carbocycles. The second kappa shape index (κ2) is 6.27. The van der Waals surface area contributed by atoms with E-state index >= 15 is 0 Å². The number of rotatable bonds is 6. The predicted molar refractivity (Wildman–Crippen MR) is 80.1 cm³/mol. The summed E-state index contributed by atoms with van der Waals surface area (Å²) in [5.41, 5.74) is 8.46. The quantitative estimate of drug-likeness (QED) is 0.860. The number of aromatic nitrogens is 4. The smallest absolute Gasteiger partial charge is 0.290 e. The Bertz CT molecular complexity index is 673. The molecule has 0 spiro atoms. The van der Waals surface area contributed by atoms with Gasteiger partial charge in [0.2, 0.25) is 5.89 Å². The molecule has 2 aromatic heterocycles. The third-order valence-electron chi connectivity index (χ3n) is 3.49. The second-order valence-electron chi connectivity index (χ2n) is 5.74. The fourth-order valence-corrected chi connectivity index (χ4v) is 2.40. The van der Waals surface area contributed by atoms with Crippen molar-refractivity contribution >= 4 is 5.91 Å². The molecule has 0 atom stereocenters. The molecule has 8 heteroatoms. The highest BCUT2D eigenvalue weighted by Gasteiger charge is 2.17. The molecule has 2 rings (SSSR count). The van der Waals surface area contributed by atoms with E-state index in [0.29, 0.717) is 25.0 Å². The number of hydrogen-bond acceptors (Lipinski definition) is 6. The maximum Gasteiger partial charge on any atom is 0.290 e. The van der Waals surface area contributed by atoms with Gasteiger partial charge in [0.1, 0.15) is 0 Å². The van der Waals surface area contributed by atoms with Crippen molar-refractivity contribution in [3.8, 4) is 0 Å². The van der Waals surface area contributed by atoms with Crippen LogP contribution in [-0.4, -0.2) is 37.8 Å². The first kappa shape index (κ1) is 16.2. The summed E-state index contributed by atoms with van der Waals surface area (Å²) >= 11 is 0. The highest BCUT2D eigenvalue weighted by Crippen LogP contribution is 2.19. The number of nitrogens with two attached hydrogens (primary N) is 1. The summed E-state index contributed by atoms with van der Waals surface area (Å²) in [5, 5.41) is 8.11. The van der Waals surface area contributed by atoms with Gasteiger partial charge in [-0.2, -0.15) is 10.1 Å². The van der Waals surface area contributed by atoms with E-state index < -0.39 is 5.91 Å². The van der Waals surface area contributed by atoms with Gasteiger partial charge < -0.3 is 10.3 Å². The van der Waals surface area contributed by atoms with Crippen molar-refractivity contribution in [2.24, 2.45) is 5.73 Å². The fraction of sp³-hybridized carbons (Fsp3) is 0.571. The Kier molecular flexibility index (Phi) is 4.60. The lowest BCUT2D eigenvalue weighted by Gasteiger charge is -2.15. The van der Waals surface area contributed by atoms with Crippen LogP contribution in [-0.2, 0) is 13.1 Å². The standard InChI is InChI=1S/C14H22N6O2/c1-8(2)20-10(4)11(9(3)17-20)6-19(5)7-12-16-14(13(15)21)18-22-12/h8H,6-7H2,1-5H3,(H2,15,21). The van der Waals surface area contributed by atoms with Crippen molar-refractivity contribution in [3.63, 3.8) is 0 Å². The number of amides is 1. The Morgan fingerprint density at radius 2 is 2.05 bits per heavy atom. The molecule has 0 bridgehead atoms. The minimum Gasteiger partial charge on any atom is -0.363 e. The zero-order valence-electron chi connectivity index (χ0n) is 13.6. The van der Waals surface area contributed by atoms with Crippen LogP contribution >= 0.6 is 0 Å². The largest absolute Gasteiger partial charge is 0.363 e. The number of carbonyl (C=O) groups excluding carboxylic acids is 1. The third kappa shape index (κ3) is 3.33. The van der Waals surface area contributed by atoms with E-state index in [0.717, 1.165) is 11.4 Å². The molecule has 8 nitrogen and oxygen atoms in total. The van der Waals surface area contributed by atoms with Gasteiger partial charge in [0.05, 0.1) is 12.2 Å². The maximum absolute atomic E-state index is 11.0. The van der Waals surface area contributed by atoms with Gasteiger partial charge in [-0.15, -0.1) is 0 Å². The SMILES string of the molecule is Cc1nn(C(C)C)c(C)c1CN(C)Cc1nc(C(N)=O)no1. The average Bonchev–Trinajstić information content (AvgIpc) is 2.98. The summed E-state index contributed by atoms with van der Waals surface area (Å²) < 4.78 is 7.04. The molecule has 0 saturated carbocycles. The minimum atomic E-state index is -0.692. The van der Waals surface area contributed by atoms with Gasteiger partial charge in [-0.3, -0.25) is 14.4 Å². The minimum absolute atomic E-state index is 0.0941. The average molecular weight is 306 g/mol. The van der Waals surface area contributed by atoms with E-state index in [1.165, 1.54) is 5.56 Å². The molecular weight excluding hydrogens is 284 g/mol. The van der Waals surface area contributed by atoms with Crippen LogP contribution in [0.2, 0.25) is 0 Å².